The second-order valence-electron chi connectivity index (χ2n) is 4.17. The Morgan fingerprint density at radius 2 is 2.26 bits per heavy atom. The summed E-state index contributed by atoms with van der Waals surface area (Å²) < 4.78 is 7.37. The van der Waals surface area contributed by atoms with Crippen LogP contribution in [0.15, 0.2) is 24.0 Å². The largest absolute Gasteiger partial charge is 0.487 e. The van der Waals surface area contributed by atoms with Crippen LogP contribution in [0.4, 0.5) is 5.82 Å². The van der Waals surface area contributed by atoms with Crippen LogP contribution in [-0.4, -0.2) is 28.5 Å². The topological polar surface area (TPSA) is 51.5 Å². The maximum atomic E-state index is 5.41. The zero-order valence-electron chi connectivity index (χ0n) is 11.0. The molecule has 0 fully saturated rings. The third-order valence-electron chi connectivity index (χ3n) is 2.99. The van der Waals surface area contributed by atoms with Crippen molar-refractivity contribution in [1.29, 1.82) is 0 Å². The predicted octanol–water partition coefficient (Wildman–Crippen LogP) is 2.82. The van der Waals surface area contributed by atoms with Crippen molar-refractivity contribution in [3.8, 4) is 16.3 Å². The van der Waals surface area contributed by atoms with Crippen molar-refractivity contribution in [3.63, 3.8) is 0 Å². The number of aryl methyl sites for hydroxylation is 1. The molecule has 0 bridgehead atoms. The van der Waals surface area contributed by atoms with Crippen molar-refractivity contribution < 1.29 is 4.74 Å². The van der Waals surface area contributed by atoms with Gasteiger partial charge in [0.05, 0.1) is 18.4 Å². The standard InChI is InChI=1S/C13H14N4OS/c1-8-7-19-13(18-3)10(8)9-6-17-5-4-15-11(14-2)12(17)16-9/h4-7H,1-3H3,(H,14,15). The maximum absolute atomic E-state index is 5.41. The van der Waals surface area contributed by atoms with Crippen LogP contribution >= 0.6 is 11.3 Å². The molecule has 3 rings (SSSR count). The Kier molecular flexibility index (Phi) is 2.87. The molecule has 0 radical (unpaired) electrons. The fraction of sp³-hybridized carbons (Fsp3) is 0.231. The molecule has 3 aromatic heterocycles. The molecular weight excluding hydrogens is 260 g/mol. The lowest BCUT2D eigenvalue weighted by Gasteiger charge is -2.00. The van der Waals surface area contributed by atoms with E-state index in [4.69, 9.17) is 4.74 Å². The molecule has 0 amide bonds. The van der Waals surface area contributed by atoms with Crippen LogP contribution in [0.2, 0.25) is 0 Å². The van der Waals surface area contributed by atoms with Gasteiger partial charge in [-0.15, -0.1) is 11.3 Å². The number of hydrogen-bond acceptors (Lipinski definition) is 5. The van der Waals surface area contributed by atoms with E-state index in [0.717, 1.165) is 27.8 Å². The van der Waals surface area contributed by atoms with Gasteiger partial charge in [-0.05, 0) is 17.9 Å². The van der Waals surface area contributed by atoms with Gasteiger partial charge < -0.3 is 14.5 Å². The van der Waals surface area contributed by atoms with Crippen LogP contribution in [0.5, 0.6) is 5.06 Å². The number of anilines is 1. The lowest BCUT2D eigenvalue weighted by atomic mass is 10.1. The molecule has 0 atom stereocenters. The number of ether oxygens (including phenoxy) is 1. The molecule has 5 nitrogen and oxygen atoms in total. The maximum Gasteiger partial charge on any atom is 0.183 e. The molecule has 0 unspecified atom stereocenters. The average Bonchev–Trinajstić information content (AvgIpc) is 3.00. The Morgan fingerprint density at radius 3 is 3.00 bits per heavy atom. The number of methoxy groups -OCH3 is 1. The van der Waals surface area contributed by atoms with Crippen LogP contribution in [0.1, 0.15) is 5.56 Å². The lowest BCUT2D eigenvalue weighted by Crippen LogP contribution is -1.95. The van der Waals surface area contributed by atoms with Crippen LogP contribution in [-0.2, 0) is 0 Å². The summed E-state index contributed by atoms with van der Waals surface area (Å²) in [5.74, 6) is 0.764. The molecule has 3 heterocycles. The molecule has 19 heavy (non-hydrogen) atoms. The first-order valence-electron chi connectivity index (χ1n) is 5.88. The summed E-state index contributed by atoms with van der Waals surface area (Å²) in [6.07, 6.45) is 5.64. The van der Waals surface area contributed by atoms with Crippen LogP contribution < -0.4 is 10.1 Å². The Morgan fingerprint density at radius 1 is 1.42 bits per heavy atom. The molecule has 0 saturated carbocycles. The SMILES string of the molecule is CNc1nccn2cc(-c3c(C)csc3OC)nc12. The highest BCUT2D eigenvalue weighted by Crippen LogP contribution is 2.38. The number of hydrogen-bond donors (Lipinski definition) is 1. The first kappa shape index (κ1) is 12.0. The van der Waals surface area contributed by atoms with Crippen LogP contribution in [0, 0.1) is 6.92 Å². The number of thiophene rings is 1. The normalized spacial score (nSPS) is 10.9. The van der Waals surface area contributed by atoms with E-state index in [2.05, 4.69) is 27.6 Å². The summed E-state index contributed by atoms with van der Waals surface area (Å²) in [6, 6.07) is 0. The zero-order valence-corrected chi connectivity index (χ0v) is 11.8. The van der Waals surface area contributed by atoms with E-state index >= 15 is 0 Å². The summed E-state index contributed by atoms with van der Waals surface area (Å²) in [7, 11) is 3.53. The van der Waals surface area contributed by atoms with E-state index in [1.807, 2.05) is 23.8 Å². The fourth-order valence-electron chi connectivity index (χ4n) is 2.09. The molecule has 6 heteroatoms. The Labute approximate surface area is 114 Å². The number of nitrogens with zero attached hydrogens (tertiary/aromatic N) is 3. The van der Waals surface area contributed by atoms with Crippen molar-refractivity contribution in [2.24, 2.45) is 0 Å². The predicted molar refractivity (Wildman–Crippen MR) is 77.1 cm³/mol. The van der Waals surface area contributed by atoms with Crippen molar-refractivity contribution in [1.82, 2.24) is 14.4 Å². The summed E-state index contributed by atoms with van der Waals surface area (Å²) in [4.78, 5) is 8.92. The second-order valence-corrected chi connectivity index (χ2v) is 5.01. The minimum atomic E-state index is 0.764. The van der Waals surface area contributed by atoms with Gasteiger partial charge in [0.25, 0.3) is 0 Å². The van der Waals surface area contributed by atoms with Gasteiger partial charge in [-0.3, -0.25) is 0 Å². The van der Waals surface area contributed by atoms with E-state index in [1.165, 1.54) is 5.56 Å². The fourth-order valence-corrected chi connectivity index (χ4v) is 2.98. The molecular formula is C13H14N4OS. The molecule has 0 spiro atoms. The summed E-state index contributed by atoms with van der Waals surface area (Å²) in [5.41, 5.74) is 3.94. The quantitative estimate of drug-likeness (QED) is 0.798. The van der Waals surface area contributed by atoms with E-state index in [-0.39, 0.29) is 0 Å². The molecule has 98 valence electrons. The van der Waals surface area contributed by atoms with E-state index in [9.17, 15) is 0 Å². The first-order chi connectivity index (χ1) is 9.24. The van der Waals surface area contributed by atoms with Gasteiger partial charge in [-0.2, -0.15) is 0 Å². The molecule has 0 aliphatic carbocycles. The van der Waals surface area contributed by atoms with E-state index in [1.54, 1.807) is 24.6 Å². The van der Waals surface area contributed by atoms with Crippen molar-refractivity contribution in [2.45, 2.75) is 6.92 Å². The van der Waals surface area contributed by atoms with Crippen molar-refractivity contribution in [3.05, 3.63) is 29.5 Å². The molecule has 1 N–H and O–H groups in total. The Balaban J connectivity index is 2.23. The highest BCUT2D eigenvalue weighted by Gasteiger charge is 2.16. The van der Waals surface area contributed by atoms with E-state index < -0.39 is 0 Å². The summed E-state index contributed by atoms with van der Waals surface area (Å²) >= 11 is 1.59. The van der Waals surface area contributed by atoms with Gasteiger partial charge in [-0.25, -0.2) is 9.97 Å². The molecule has 0 saturated heterocycles. The van der Waals surface area contributed by atoms with Crippen LogP contribution in [0.25, 0.3) is 16.9 Å². The van der Waals surface area contributed by atoms with Gasteiger partial charge in [0.15, 0.2) is 16.5 Å². The Bertz CT molecular complexity index is 731. The first-order valence-corrected chi connectivity index (χ1v) is 6.76. The van der Waals surface area contributed by atoms with Gasteiger partial charge in [0.2, 0.25) is 0 Å². The smallest absolute Gasteiger partial charge is 0.183 e. The number of rotatable bonds is 3. The summed E-state index contributed by atoms with van der Waals surface area (Å²) in [6.45, 7) is 2.07. The summed E-state index contributed by atoms with van der Waals surface area (Å²) in [5, 5.41) is 6.02. The number of nitrogens with one attached hydrogen (secondary N) is 1. The number of aromatic nitrogens is 3. The third kappa shape index (κ3) is 1.84. The zero-order chi connectivity index (χ0) is 13.4. The van der Waals surface area contributed by atoms with E-state index in [0.29, 0.717) is 0 Å². The van der Waals surface area contributed by atoms with Gasteiger partial charge in [-0.1, -0.05) is 0 Å². The lowest BCUT2D eigenvalue weighted by molar-refractivity contribution is 0.428. The number of fused-ring (bicyclic) bond motifs is 1. The second kappa shape index (κ2) is 4.55. The molecule has 0 aliphatic heterocycles. The number of imidazole rings is 1. The van der Waals surface area contributed by atoms with Crippen molar-refractivity contribution in [2.75, 3.05) is 19.5 Å². The monoisotopic (exact) mass is 274 g/mol. The van der Waals surface area contributed by atoms with Gasteiger partial charge >= 0.3 is 0 Å². The molecule has 0 aromatic carbocycles. The average molecular weight is 274 g/mol. The van der Waals surface area contributed by atoms with Gasteiger partial charge in [0.1, 0.15) is 0 Å². The molecule has 0 aliphatic rings. The minimum absolute atomic E-state index is 0.764. The highest BCUT2D eigenvalue weighted by molar-refractivity contribution is 7.12. The van der Waals surface area contributed by atoms with Crippen LogP contribution in [0.3, 0.4) is 0 Å². The highest BCUT2D eigenvalue weighted by atomic mass is 32.1. The van der Waals surface area contributed by atoms with Crippen molar-refractivity contribution >= 4 is 22.8 Å². The minimum Gasteiger partial charge on any atom is -0.487 e. The van der Waals surface area contributed by atoms with Gasteiger partial charge in [0, 0.05) is 25.6 Å². The third-order valence-corrected chi connectivity index (χ3v) is 4.05. The Hall–Kier alpha value is -2.08. The molecule has 3 aromatic rings.